The number of halogens is 1. The Morgan fingerprint density at radius 3 is 2.85 bits per heavy atom. The second kappa shape index (κ2) is 2.89. The molecule has 0 saturated carbocycles. The minimum absolute atomic E-state index is 0.675. The number of rotatable bonds is 0. The summed E-state index contributed by atoms with van der Waals surface area (Å²) in [4.78, 5) is 4.17. The maximum Gasteiger partial charge on any atom is 0.0718 e. The minimum Gasteiger partial charge on any atom is -0.397 e. The van der Waals surface area contributed by atoms with Gasteiger partial charge in [0, 0.05) is 10.4 Å². The van der Waals surface area contributed by atoms with Gasteiger partial charge in [0.25, 0.3) is 0 Å². The summed E-state index contributed by atoms with van der Waals surface area (Å²) in [5.74, 6) is 0. The second-order valence-corrected chi connectivity index (χ2v) is 3.47. The molecular formula is C10H9ClN2. The molecule has 3 heteroatoms. The van der Waals surface area contributed by atoms with E-state index in [4.69, 9.17) is 17.3 Å². The van der Waals surface area contributed by atoms with Crippen LogP contribution in [0, 0.1) is 6.92 Å². The van der Waals surface area contributed by atoms with Gasteiger partial charge in [-0.15, -0.1) is 0 Å². The molecule has 0 fully saturated rings. The molecule has 0 unspecified atom stereocenters. The van der Waals surface area contributed by atoms with Crippen LogP contribution >= 0.6 is 11.6 Å². The molecular weight excluding hydrogens is 184 g/mol. The number of aryl methyl sites for hydroxylation is 1. The monoisotopic (exact) mass is 192 g/mol. The van der Waals surface area contributed by atoms with Gasteiger partial charge in [0.2, 0.25) is 0 Å². The highest BCUT2D eigenvalue weighted by molar-refractivity contribution is 6.32. The van der Waals surface area contributed by atoms with Crippen LogP contribution in [0.25, 0.3) is 10.9 Å². The molecule has 2 rings (SSSR count). The largest absolute Gasteiger partial charge is 0.397 e. The highest BCUT2D eigenvalue weighted by atomic mass is 35.5. The summed E-state index contributed by atoms with van der Waals surface area (Å²) in [6, 6.07) is 5.73. The van der Waals surface area contributed by atoms with Crippen LogP contribution < -0.4 is 5.73 Å². The van der Waals surface area contributed by atoms with Crippen molar-refractivity contribution in [3.8, 4) is 0 Å². The quantitative estimate of drug-likeness (QED) is 0.697. The molecule has 0 aliphatic heterocycles. The number of aromatic nitrogens is 1. The van der Waals surface area contributed by atoms with E-state index in [2.05, 4.69) is 4.98 Å². The molecule has 0 amide bonds. The van der Waals surface area contributed by atoms with Crippen molar-refractivity contribution in [3.05, 3.63) is 35.0 Å². The van der Waals surface area contributed by atoms with Crippen molar-refractivity contribution in [1.82, 2.24) is 4.98 Å². The van der Waals surface area contributed by atoms with Crippen molar-refractivity contribution in [2.24, 2.45) is 0 Å². The third-order valence-corrected chi connectivity index (χ3v) is 2.39. The van der Waals surface area contributed by atoms with E-state index in [1.165, 1.54) is 0 Å². The highest BCUT2D eigenvalue weighted by Gasteiger charge is 2.00. The zero-order valence-corrected chi connectivity index (χ0v) is 7.97. The summed E-state index contributed by atoms with van der Waals surface area (Å²) in [5, 5.41) is 1.77. The number of anilines is 1. The fraction of sp³-hybridized carbons (Fsp3) is 0.100. The second-order valence-electron chi connectivity index (χ2n) is 3.06. The molecule has 0 spiro atoms. The molecule has 66 valence electrons. The Bertz CT molecular complexity index is 466. The molecule has 0 saturated heterocycles. The molecule has 2 N–H and O–H groups in total. The number of fused-ring (bicyclic) bond motifs is 1. The van der Waals surface area contributed by atoms with E-state index in [9.17, 15) is 0 Å². The smallest absolute Gasteiger partial charge is 0.0718 e. The van der Waals surface area contributed by atoms with E-state index >= 15 is 0 Å². The van der Waals surface area contributed by atoms with Crippen molar-refractivity contribution < 1.29 is 0 Å². The molecule has 13 heavy (non-hydrogen) atoms. The van der Waals surface area contributed by atoms with E-state index in [0.29, 0.717) is 5.69 Å². The van der Waals surface area contributed by atoms with Gasteiger partial charge in [-0.05, 0) is 30.7 Å². The zero-order valence-electron chi connectivity index (χ0n) is 7.21. The standard InChI is InChI=1S/C10H9ClN2/c1-6-2-7-3-8(12)5-13-10(7)4-9(6)11/h2-5H,12H2,1H3. The summed E-state index contributed by atoms with van der Waals surface area (Å²) >= 11 is 5.96. The van der Waals surface area contributed by atoms with E-state index in [-0.39, 0.29) is 0 Å². The topological polar surface area (TPSA) is 38.9 Å². The predicted octanol–water partition coefficient (Wildman–Crippen LogP) is 2.78. The zero-order chi connectivity index (χ0) is 9.42. The molecule has 2 aromatic rings. The number of nitrogens with two attached hydrogens (primary N) is 1. The highest BCUT2D eigenvalue weighted by Crippen LogP contribution is 2.22. The Morgan fingerprint density at radius 1 is 1.31 bits per heavy atom. The number of hydrogen-bond acceptors (Lipinski definition) is 2. The van der Waals surface area contributed by atoms with Gasteiger partial charge in [-0.3, -0.25) is 4.98 Å². The van der Waals surface area contributed by atoms with Crippen LogP contribution in [0.5, 0.6) is 0 Å². The average molecular weight is 193 g/mol. The van der Waals surface area contributed by atoms with Crippen LogP contribution in [0.2, 0.25) is 5.02 Å². The molecule has 0 aliphatic carbocycles. The SMILES string of the molecule is Cc1cc2cc(N)cnc2cc1Cl. The number of pyridine rings is 1. The number of benzene rings is 1. The normalized spacial score (nSPS) is 10.6. The lowest BCUT2D eigenvalue weighted by atomic mass is 10.1. The van der Waals surface area contributed by atoms with Crippen LogP contribution in [-0.2, 0) is 0 Å². The fourth-order valence-electron chi connectivity index (χ4n) is 1.28. The summed E-state index contributed by atoms with van der Waals surface area (Å²) in [6.45, 7) is 1.96. The van der Waals surface area contributed by atoms with Crippen LogP contribution in [0.15, 0.2) is 24.4 Å². The van der Waals surface area contributed by atoms with Crippen LogP contribution in [0.3, 0.4) is 0 Å². The summed E-state index contributed by atoms with van der Waals surface area (Å²) in [5.41, 5.74) is 8.21. The van der Waals surface area contributed by atoms with Gasteiger partial charge in [-0.2, -0.15) is 0 Å². The van der Waals surface area contributed by atoms with E-state index in [0.717, 1.165) is 21.5 Å². The van der Waals surface area contributed by atoms with Gasteiger partial charge in [-0.1, -0.05) is 11.6 Å². The Hall–Kier alpha value is -1.28. The van der Waals surface area contributed by atoms with Gasteiger partial charge in [-0.25, -0.2) is 0 Å². The van der Waals surface area contributed by atoms with Gasteiger partial charge < -0.3 is 5.73 Å². The Labute approximate surface area is 81.3 Å². The first-order chi connectivity index (χ1) is 6.16. The first-order valence-corrected chi connectivity index (χ1v) is 4.36. The number of nitrogens with zero attached hydrogens (tertiary/aromatic N) is 1. The number of hydrogen-bond donors (Lipinski definition) is 1. The van der Waals surface area contributed by atoms with Gasteiger partial charge in [0.05, 0.1) is 17.4 Å². The first kappa shape index (κ1) is 8.32. The third-order valence-electron chi connectivity index (χ3n) is 1.98. The molecule has 0 aliphatic rings. The summed E-state index contributed by atoms with van der Waals surface area (Å²) < 4.78 is 0. The van der Waals surface area contributed by atoms with E-state index in [1.807, 2.05) is 25.1 Å². The number of nitrogen functional groups attached to an aromatic ring is 1. The fourth-order valence-corrected chi connectivity index (χ4v) is 1.44. The summed E-state index contributed by atoms with van der Waals surface area (Å²) in [7, 11) is 0. The van der Waals surface area contributed by atoms with Crippen LogP contribution in [0.4, 0.5) is 5.69 Å². The van der Waals surface area contributed by atoms with Crippen LogP contribution in [0.1, 0.15) is 5.56 Å². The first-order valence-electron chi connectivity index (χ1n) is 3.98. The third kappa shape index (κ3) is 1.45. The van der Waals surface area contributed by atoms with Crippen molar-refractivity contribution in [2.45, 2.75) is 6.92 Å². The molecule has 1 aromatic heterocycles. The average Bonchev–Trinajstić information content (AvgIpc) is 2.08. The van der Waals surface area contributed by atoms with Crippen molar-refractivity contribution >= 4 is 28.2 Å². The molecule has 0 atom stereocenters. The Morgan fingerprint density at radius 2 is 2.08 bits per heavy atom. The molecule has 1 aromatic carbocycles. The van der Waals surface area contributed by atoms with E-state index in [1.54, 1.807) is 6.20 Å². The molecule has 0 radical (unpaired) electrons. The van der Waals surface area contributed by atoms with Crippen molar-refractivity contribution in [1.29, 1.82) is 0 Å². The van der Waals surface area contributed by atoms with Gasteiger partial charge in [0.15, 0.2) is 0 Å². The van der Waals surface area contributed by atoms with Crippen LogP contribution in [-0.4, -0.2) is 4.98 Å². The lowest BCUT2D eigenvalue weighted by Gasteiger charge is -2.02. The maximum atomic E-state index is 5.96. The summed E-state index contributed by atoms with van der Waals surface area (Å²) in [6.07, 6.45) is 1.63. The minimum atomic E-state index is 0.675. The molecule has 0 bridgehead atoms. The molecule has 1 heterocycles. The lowest BCUT2D eigenvalue weighted by molar-refractivity contribution is 1.39. The van der Waals surface area contributed by atoms with Gasteiger partial charge >= 0.3 is 0 Å². The maximum absolute atomic E-state index is 5.96. The lowest BCUT2D eigenvalue weighted by Crippen LogP contribution is -1.87. The predicted molar refractivity (Wildman–Crippen MR) is 55.9 cm³/mol. The van der Waals surface area contributed by atoms with Crippen molar-refractivity contribution in [3.63, 3.8) is 0 Å². The van der Waals surface area contributed by atoms with E-state index < -0.39 is 0 Å². The Balaban J connectivity index is 2.81. The van der Waals surface area contributed by atoms with Gasteiger partial charge in [0.1, 0.15) is 0 Å². The van der Waals surface area contributed by atoms with Crippen molar-refractivity contribution in [2.75, 3.05) is 5.73 Å². The molecule has 2 nitrogen and oxygen atoms in total. The Kier molecular flexibility index (Phi) is 1.85.